The van der Waals surface area contributed by atoms with Crippen molar-refractivity contribution >= 4 is 23.4 Å². The van der Waals surface area contributed by atoms with E-state index in [-0.39, 0.29) is 5.91 Å². The van der Waals surface area contributed by atoms with Crippen molar-refractivity contribution in [3.63, 3.8) is 0 Å². The van der Waals surface area contributed by atoms with E-state index in [1.54, 1.807) is 11.8 Å². The maximum absolute atomic E-state index is 12.9. The molecule has 0 aliphatic carbocycles. The van der Waals surface area contributed by atoms with Crippen molar-refractivity contribution in [3.8, 4) is 11.4 Å². The summed E-state index contributed by atoms with van der Waals surface area (Å²) in [4.78, 5) is 12.9. The van der Waals surface area contributed by atoms with E-state index in [0.717, 1.165) is 28.9 Å². The normalized spacial score (nSPS) is 13.0. The van der Waals surface area contributed by atoms with Crippen LogP contribution in [0.2, 0.25) is 0 Å². The molecule has 0 aliphatic rings. The molecule has 1 aromatic heterocycles. The molecule has 1 heterocycles. The van der Waals surface area contributed by atoms with E-state index in [2.05, 4.69) is 40.8 Å². The van der Waals surface area contributed by atoms with Crippen molar-refractivity contribution in [2.75, 3.05) is 12.4 Å². The number of thioether (sulfide) groups is 1. The number of hydrogen-bond donors (Lipinski definition) is 1. The van der Waals surface area contributed by atoms with E-state index < -0.39 is 5.25 Å². The first-order valence-corrected chi connectivity index (χ1v) is 10.8. The highest BCUT2D eigenvalue weighted by Gasteiger charge is 2.22. The van der Waals surface area contributed by atoms with Gasteiger partial charge in [0.25, 0.3) is 0 Å². The molecule has 0 unspecified atom stereocenters. The summed E-state index contributed by atoms with van der Waals surface area (Å²) >= 11 is 1.30. The number of anilines is 1. The highest BCUT2D eigenvalue weighted by molar-refractivity contribution is 8.00. The molecule has 2 aromatic carbocycles. The number of carbonyl (C=O) groups is 1. The number of rotatable bonds is 8. The molecule has 1 amide bonds. The summed E-state index contributed by atoms with van der Waals surface area (Å²) in [6.45, 7) is 8.14. The van der Waals surface area contributed by atoms with Gasteiger partial charge >= 0.3 is 0 Å². The molecule has 158 valence electrons. The van der Waals surface area contributed by atoms with E-state index in [1.165, 1.54) is 11.8 Å². The zero-order valence-electron chi connectivity index (χ0n) is 17.9. The Morgan fingerprint density at radius 3 is 2.73 bits per heavy atom. The van der Waals surface area contributed by atoms with Crippen molar-refractivity contribution in [2.45, 2.75) is 50.4 Å². The Morgan fingerprint density at radius 2 is 2.00 bits per heavy atom. The van der Waals surface area contributed by atoms with Crippen LogP contribution in [0.15, 0.2) is 47.6 Å². The standard InChI is InChI=1S/C22H27N5O2S/c1-6-15(3)17-9-7-8-10-18(17)23-21(28)16(4)30-22-24-25-26-27(22)19-13-14(2)11-12-20(19)29-5/h7-13,15-16H,6H2,1-5H3,(H,23,28)/t15-,16+/m1/s1. The Bertz CT molecular complexity index is 1020. The minimum Gasteiger partial charge on any atom is -0.494 e. The van der Waals surface area contributed by atoms with Gasteiger partial charge in [-0.1, -0.05) is 49.9 Å². The molecule has 2 atom stereocenters. The van der Waals surface area contributed by atoms with Crippen LogP contribution in [0.3, 0.4) is 0 Å². The van der Waals surface area contributed by atoms with Crippen LogP contribution in [0.5, 0.6) is 5.75 Å². The number of nitrogens with zero attached hydrogens (tertiary/aromatic N) is 4. The predicted octanol–water partition coefficient (Wildman–Crippen LogP) is 4.61. The molecular formula is C22H27N5O2S. The van der Waals surface area contributed by atoms with Crippen LogP contribution in [0, 0.1) is 6.92 Å². The minimum atomic E-state index is -0.393. The van der Waals surface area contributed by atoms with E-state index in [4.69, 9.17) is 4.74 Å². The average molecular weight is 426 g/mol. The van der Waals surface area contributed by atoms with Crippen LogP contribution in [0.4, 0.5) is 5.69 Å². The van der Waals surface area contributed by atoms with Crippen LogP contribution in [0.25, 0.3) is 5.69 Å². The lowest BCUT2D eigenvalue weighted by atomic mass is 9.97. The van der Waals surface area contributed by atoms with Crippen molar-refractivity contribution < 1.29 is 9.53 Å². The lowest BCUT2D eigenvalue weighted by Crippen LogP contribution is -2.23. The molecule has 3 aromatic rings. The van der Waals surface area contributed by atoms with E-state index in [9.17, 15) is 4.79 Å². The first-order valence-electron chi connectivity index (χ1n) is 9.94. The number of methoxy groups -OCH3 is 1. The largest absolute Gasteiger partial charge is 0.494 e. The van der Waals surface area contributed by atoms with Crippen molar-refractivity contribution in [3.05, 3.63) is 53.6 Å². The number of ether oxygens (including phenoxy) is 1. The summed E-state index contributed by atoms with van der Waals surface area (Å²) in [5.74, 6) is 0.932. The van der Waals surface area contributed by atoms with E-state index >= 15 is 0 Å². The molecule has 0 radical (unpaired) electrons. The fraction of sp³-hybridized carbons (Fsp3) is 0.364. The molecule has 0 saturated carbocycles. The smallest absolute Gasteiger partial charge is 0.237 e. The first kappa shape index (κ1) is 21.8. The molecule has 0 aliphatic heterocycles. The molecule has 0 saturated heterocycles. The summed E-state index contributed by atoms with van der Waals surface area (Å²) in [5.41, 5.74) is 3.79. The molecule has 3 rings (SSSR count). The number of para-hydroxylation sites is 1. The predicted molar refractivity (Wildman–Crippen MR) is 120 cm³/mol. The molecular weight excluding hydrogens is 398 g/mol. The fourth-order valence-electron chi connectivity index (χ4n) is 3.08. The summed E-state index contributed by atoms with van der Waals surface area (Å²) in [5, 5.41) is 15.2. The molecule has 7 nitrogen and oxygen atoms in total. The zero-order valence-corrected chi connectivity index (χ0v) is 18.7. The Morgan fingerprint density at radius 1 is 1.23 bits per heavy atom. The highest BCUT2D eigenvalue weighted by atomic mass is 32.2. The van der Waals surface area contributed by atoms with Crippen LogP contribution >= 0.6 is 11.8 Å². The lowest BCUT2D eigenvalue weighted by Gasteiger charge is -2.17. The quantitative estimate of drug-likeness (QED) is 0.531. The van der Waals surface area contributed by atoms with Gasteiger partial charge < -0.3 is 10.1 Å². The number of carbonyl (C=O) groups excluding carboxylic acids is 1. The van der Waals surface area contributed by atoms with E-state index in [0.29, 0.717) is 16.8 Å². The molecule has 0 fully saturated rings. The van der Waals surface area contributed by atoms with Gasteiger partial charge in [-0.15, -0.1) is 5.10 Å². The van der Waals surface area contributed by atoms with Gasteiger partial charge in [0.15, 0.2) is 0 Å². The van der Waals surface area contributed by atoms with Crippen molar-refractivity contribution in [1.82, 2.24) is 20.2 Å². The van der Waals surface area contributed by atoms with E-state index in [1.807, 2.05) is 50.2 Å². The second-order valence-electron chi connectivity index (χ2n) is 7.19. The topological polar surface area (TPSA) is 81.9 Å². The third-order valence-electron chi connectivity index (χ3n) is 5.02. The molecule has 30 heavy (non-hydrogen) atoms. The summed E-state index contributed by atoms with van der Waals surface area (Å²) in [6.07, 6.45) is 1.00. The summed E-state index contributed by atoms with van der Waals surface area (Å²) in [7, 11) is 1.61. The average Bonchev–Trinajstić information content (AvgIpc) is 3.21. The van der Waals surface area contributed by atoms with Crippen LogP contribution in [-0.2, 0) is 4.79 Å². The Labute approximate surface area is 181 Å². The molecule has 1 N–H and O–H groups in total. The van der Waals surface area contributed by atoms with Gasteiger partial charge in [-0.3, -0.25) is 4.79 Å². The molecule has 8 heteroatoms. The lowest BCUT2D eigenvalue weighted by molar-refractivity contribution is -0.115. The molecule has 0 spiro atoms. The summed E-state index contributed by atoms with van der Waals surface area (Å²) < 4.78 is 7.06. The number of nitrogens with one attached hydrogen (secondary N) is 1. The maximum Gasteiger partial charge on any atom is 0.237 e. The highest BCUT2D eigenvalue weighted by Crippen LogP contribution is 2.30. The first-order chi connectivity index (χ1) is 14.4. The molecule has 0 bridgehead atoms. The second kappa shape index (κ2) is 9.75. The Kier molecular flexibility index (Phi) is 7.10. The Hall–Kier alpha value is -2.87. The minimum absolute atomic E-state index is 0.0958. The van der Waals surface area contributed by atoms with Gasteiger partial charge in [0, 0.05) is 5.69 Å². The third kappa shape index (κ3) is 4.81. The van der Waals surface area contributed by atoms with Gasteiger partial charge in [0.1, 0.15) is 11.4 Å². The number of aromatic nitrogens is 4. The third-order valence-corrected chi connectivity index (χ3v) is 6.05. The fourth-order valence-corrected chi connectivity index (χ4v) is 3.88. The van der Waals surface area contributed by atoms with Crippen molar-refractivity contribution in [1.29, 1.82) is 0 Å². The maximum atomic E-state index is 12.9. The number of tetrazole rings is 1. The van der Waals surface area contributed by atoms with Gasteiger partial charge in [-0.05, 0) is 65.9 Å². The van der Waals surface area contributed by atoms with Crippen LogP contribution < -0.4 is 10.1 Å². The van der Waals surface area contributed by atoms with Crippen LogP contribution in [0.1, 0.15) is 44.2 Å². The van der Waals surface area contributed by atoms with Gasteiger partial charge in [-0.25, -0.2) is 0 Å². The number of benzene rings is 2. The second-order valence-corrected chi connectivity index (χ2v) is 8.50. The Balaban J connectivity index is 1.79. The SMILES string of the molecule is CC[C@@H](C)c1ccccc1NC(=O)[C@H](C)Sc1nnnn1-c1cc(C)ccc1OC. The monoisotopic (exact) mass is 425 g/mol. The van der Waals surface area contributed by atoms with Crippen LogP contribution in [-0.4, -0.2) is 38.5 Å². The number of amides is 1. The van der Waals surface area contributed by atoms with Gasteiger partial charge in [0.2, 0.25) is 11.1 Å². The number of hydrogen-bond acceptors (Lipinski definition) is 6. The number of aryl methyl sites for hydroxylation is 1. The van der Waals surface area contributed by atoms with Gasteiger partial charge in [0.05, 0.1) is 12.4 Å². The van der Waals surface area contributed by atoms with Gasteiger partial charge in [-0.2, -0.15) is 4.68 Å². The summed E-state index contributed by atoms with van der Waals surface area (Å²) in [6, 6.07) is 13.7. The zero-order chi connectivity index (χ0) is 21.7. The van der Waals surface area contributed by atoms with Crippen molar-refractivity contribution in [2.24, 2.45) is 0 Å².